The van der Waals surface area contributed by atoms with E-state index in [0.29, 0.717) is 19.1 Å². The predicted molar refractivity (Wildman–Crippen MR) is 65.0 cm³/mol. The zero-order valence-electron chi connectivity index (χ0n) is 10.2. The highest BCUT2D eigenvalue weighted by molar-refractivity contribution is 5.42. The fourth-order valence-electron chi connectivity index (χ4n) is 1.32. The van der Waals surface area contributed by atoms with Gasteiger partial charge in [-0.05, 0) is 26.8 Å². The molecule has 0 fully saturated rings. The van der Waals surface area contributed by atoms with Crippen LogP contribution >= 0.6 is 0 Å². The van der Waals surface area contributed by atoms with Crippen LogP contribution in [-0.2, 0) is 4.74 Å². The van der Waals surface area contributed by atoms with E-state index in [1.807, 2.05) is 26.0 Å². The van der Waals surface area contributed by atoms with Crippen LogP contribution in [0.1, 0.15) is 20.8 Å². The fourth-order valence-corrected chi connectivity index (χ4v) is 1.32. The lowest BCUT2D eigenvalue weighted by atomic mass is 10.3. The second kappa shape index (κ2) is 7.06. The molecule has 1 heterocycles. The standard InChI is InChI=1S/C12H20N2O2/c1-4-15-9-10(3)14-11-6-7-12(13-8-11)16-5-2/h6-8,10,14H,4-5,9H2,1-3H3. The van der Waals surface area contributed by atoms with Gasteiger partial charge in [-0.15, -0.1) is 0 Å². The zero-order chi connectivity index (χ0) is 11.8. The van der Waals surface area contributed by atoms with Gasteiger partial charge in [0.1, 0.15) is 0 Å². The third-order valence-corrected chi connectivity index (χ3v) is 2.01. The molecule has 16 heavy (non-hydrogen) atoms. The van der Waals surface area contributed by atoms with E-state index in [0.717, 1.165) is 12.3 Å². The van der Waals surface area contributed by atoms with Crippen molar-refractivity contribution in [1.82, 2.24) is 4.98 Å². The Labute approximate surface area is 97.0 Å². The van der Waals surface area contributed by atoms with E-state index in [9.17, 15) is 0 Å². The molecule has 0 bridgehead atoms. The summed E-state index contributed by atoms with van der Waals surface area (Å²) in [6.07, 6.45) is 1.77. The van der Waals surface area contributed by atoms with Crippen LogP contribution in [-0.4, -0.2) is 30.8 Å². The smallest absolute Gasteiger partial charge is 0.213 e. The van der Waals surface area contributed by atoms with Crippen molar-refractivity contribution in [2.75, 3.05) is 25.1 Å². The van der Waals surface area contributed by atoms with Gasteiger partial charge >= 0.3 is 0 Å². The van der Waals surface area contributed by atoms with E-state index in [1.54, 1.807) is 6.20 Å². The van der Waals surface area contributed by atoms with Crippen LogP contribution in [0.4, 0.5) is 5.69 Å². The van der Waals surface area contributed by atoms with Crippen molar-refractivity contribution in [3.63, 3.8) is 0 Å². The molecule has 0 aromatic carbocycles. The average Bonchev–Trinajstić information content (AvgIpc) is 2.29. The van der Waals surface area contributed by atoms with Crippen molar-refractivity contribution in [1.29, 1.82) is 0 Å². The van der Waals surface area contributed by atoms with Crippen LogP contribution in [0.3, 0.4) is 0 Å². The summed E-state index contributed by atoms with van der Waals surface area (Å²) in [6.45, 7) is 8.09. The van der Waals surface area contributed by atoms with E-state index in [-0.39, 0.29) is 6.04 Å². The zero-order valence-corrected chi connectivity index (χ0v) is 10.2. The number of hydrogen-bond donors (Lipinski definition) is 1. The molecule has 0 saturated carbocycles. The molecule has 1 N–H and O–H groups in total. The maximum absolute atomic E-state index is 5.32. The lowest BCUT2D eigenvalue weighted by molar-refractivity contribution is 0.141. The quantitative estimate of drug-likeness (QED) is 0.772. The molecule has 1 aromatic heterocycles. The highest BCUT2D eigenvalue weighted by atomic mass is 16.5. The Morgan fingerprint density at radius 3 is 2.69 bits per heavy atom. The van der Waals surface area contributed by atoms with Crippen LogP contribution < -0.4 is 10.1 Å². The molecule has 0 aliphatic heterocycles. The lowest BCUT2D eigenvalue weighted by Crippen LogP contribution is -2.21. The maximum Gasteiger partial charge on any atom is 0.213 e. The topological polar surface area (TPSA) is 43.4 Å². The van der Waals surface area contributed by atoms with Gasteiger partial charge in [0, 0.05) is 18.7 Å². The van der Waals surface area contributed by atoms with E-state index in [1.165, 1.54) is 0 Å². The SMILES string of the molecule is CCOCC(C)Nc1ccc(OCC)nc1. The summed E-state index contributed by atoms with van der Waals surface area (Å²) < 4.78 is 10.6. The number of nitrogens with zero attached hydrogens (tertiary/aromatic N) is 1. The Hall–Kier alpha value is -1.29. The van der Waals surface area contributed by atoms with E-state index >= 15 is 0 Å². The molecule has 4 nitrogen and oxygen atoms in total. The summed E-state index contributed by atoms with van der Waals surface area (Å²) in [5.74, 6) is 0.658. The van der Waals surface area contributed by atoms with Gasteiger partial charge in [0.2, 0.25) is 5.88 Å². The molecule has 0 aliphatic rings. The number of rotatable bonds is 7. The van der Waals surface area contributed by atoms with Crippen LogP contribution in [0.25, 0.3) is 0 Å². The molecule has 0 aliphatic carbocycles. The van der Waals surface area contributed by atoms with Gasteiger partial charge in [-0.2, -0.15) is 0 Å². The number of anilines is 1. The fraction of sp³-hybridized carbons (Fsp3) is 0.583. The molecule has 1 unspecified atom stereocenters. The number of ether oxygens (including phenoxy) is 2. The molecule has 90 valence electrons. The first kappa shape index (κ1) is 12.8. The van der Waals surface area contributed by atoms with Gasteiger partial charge in [-0.3, -0.25) is 0 Å². The normalized spacial score (nSPS) is 12.2. The number of nitrogens with one attached hydrogen (secondary N) is 1. The van der Waals surface area contributed by atoms with E-state index < -0.39 is 0 Å². The Bertz CT molecular complexity index is 288. The van der Waals surface area contributed by atoms with Gasteiger partial charge in [-0.25, -0.2) is 4.98 Å². The van der Waals surface area contributed by atoms with Gasteiger partial charge in [0.05, 0.1) is 25.1 Å². The third-order valence-electron chi connectivity index (χ3n) is 2.01. The highest BCUT2D eigenvalue weighted by Gasteiger charge is 2.02. The largest absolute Gasteiger partial charge is 0.478 e. The lowest BCUT2D eigenvalue weighted by Gasteiger charge is -2.14. The van der Waals surface area contributed by atoms with Crippen LogP contribution in [0.5, 0.6) is 5.88 Å². The van der Waals surface area contributed by atoms with Crippen molar-refractivity contribution < 1.29 is 9.47 Å². The monoisotopic (exact) mass is 224 g/mol. The second-order valence-electron chi connectivity index (χ2n) is 3.52. The van der Waals surface area contributed by atoms with E-state index in [4.69, 9.17) is 9.47 Å². The summed E-state index contributed by atoms with van der Waals surface area (Å²) in [5, 5.41) is 3.30. The molecule has 0 saturated heterocycles. The first-order valence-electron chi connectivity index (χ1n) is 5.69. The van der Waals surface area contributed by atoms with Crippen LogP contribution in [0.2, 0.25) is 0 Å². The molecule has 1 rings (SSSR count). The average molecular weight is 224 g/mol. The van der Waals surface area contributed by atoms with Gasteiger partial charge in [-0.1, -0.05) is 0 Å². The second-order valence-corrected chi connectivity index (χ2v) is 3.52. The molecule has 0 radical (unpaired) electrons. The van der Waals surface area contributed by atoms with Crippen molar-refractivity contribution in [3.8, 4) is 5.88 Å². The Kier molecular flexibility index (Phi) is 5.64. The molecular weight excluding hydrogens is 204 g/mol. The van der Waals surface area contributed by atoms with Gasteiger partial charge in [0.25, 0.3) is 0 Å². The summed E-state index contributed by atoms with van der Waals surface area (Å²) in [5.41, 5.74) is 0.982. The van der Waals surface area contributed by atoms with Gasteiger partial charge < -0.3 is 14.8 Å². The van der Waals surface area contributed by atoms with E-state index in [2.05, 4.69) is 17.2 Å². The number of aromatic nitrogens is 1. The molecule has 0 amide bonds. The predicted octanol–water partition coefficient (Wildman–Crippen LogP) is 2.32. The first-order valence-corrected chi connectivity index (χ1v) is 5.69. The molecule has 0 spiro atoms. The molecule has 1 atom stereocenters. The van der Waals surface area contributed by atoms with Crippen molar-refractivity contribution in [2.45, 2.75) is 26.8 Å². The van der Waals surface area contributed by atoms with Crippen LogP contribution in [0, 0.1) is 0 Å². The third kappa shape index (κ3) is 4.49. The van der Waals surface area contributed by atoms with Crippen molar-refractivity contribution >= 4 is 5.69 Å². The molecular formula is C12H20N2O2. The summed E-state index contributed by atoms with van der Waals surface area (Å²) in [6, 6.07) is 4.10. The minimum atomic E-state index is 0.277. The van der Waals surface area contributed by atoms with Gasteiger partial charge in [0.15, 0.2) is 0 Å². The number of pyridine rings is 1. The summed E-state index contributed by atoms with van der Waals surface area (Å²) >= 11 is 0. The Morgan fingerprint density at radius 2 is 2.12 bits per heavy atom. The Morgan fingerprint density at radius 1 is 1.31 bits per heavy atom. The summed E-state index contributed by atoms with van der Waals surface area (Å²) in [4.78, 5) is 4.18. The number of hydrogen-bond acceptors (Lipinski definition) is 4. The van der Waals surface area contributed by atoms with Crippen LogP contribution in [0.15, 0.2) is 18.3 Å². The molecule has 4 heteroatoms. The minimum absolute atomic E-state index is 0.277. The highest BCUT2D eigenvalue weighted by Crippen LogP contribution is 2.12. The van der Waals surface area contributed by atoms with Crippen molar-refractivity contribution in [2.24, 2.45) is 0 Å². The first-order chi connectivity index (χ1) is 7.76. The Balaban J connectivity index is 2.41. The maximum atomic E-state index is 5.32. The molecule has 1 aromatic rings. The minimum Gasteiger partial charge on any atom is -0.478 e. The summed E-state index contributed by atoms with van der Waals surface area (Å²) in [7, 11) is 0. The van der Waals surface area contributed by atoms with Crippen molar-refractivity contribution in [3.05, 3.63) is 18.3 Å².